The first-order valence-corrected chi connectivity index (χ1v) is 10.1. The number of piperazine rings is 1. The zero-order valence-corrected chi connectivity index (χ0v) is 15.6. The van der Waals surface area contributed by atoms with E-state index in [9.17, 15) is 13.2 Å². The molecular weight excluding hydrogens is 356 g/mol. The highest BCUT2D eigenvalue weighted by Crippen LogP contribution is 2.14. The SMILES string of the molecule is CN(CC(=O)N1CCN(c2ccc(-n3cccc3)nn2)CC1)S(C)(=O)=O. The van der Waals surface area contributed by atoms with Crippen molar-refractivity contribution in [2.45, 2.75) is 0 Å². The van der Waals surface area contributed by atoms with Gasteiger partial charge < -0.3 is 14.4 Å². The summed E-state index contributed by atoms with van der Waals surface area (Å²) in [7, 11) is -1.95. The Bertz CT molecular complexity index is 843. The van der Waals surface area contributed by atoms with Crippen LogP contribution in [0, 0.1) is 0 Å². The van der Waals surface area contributed by atoms with Gasteiger partial charge in [0.15, 0.2) is 11.6 Å². The average molecular weight is 378 g/mol. The van der Waals surface area contributed by atoms with E-state index in [0.29, 0.717) is 26.2 Å². The Balaban J connectivity index is 1.56. The third kappa shape index (κ3) is 4.20. The first kappa shape index (κ1) is 18.3. The van der Waals surface area contributed by atoms with E-state index in [0.717, 1.165) is 22.2 Å². The van der Waals surface area contributed by atoms with Gasteiger partial charge in [-0.05, 0) is 24.3 Å². The van der Waals surface area contributed by atoms with Crippen molar-refractivity contribution in [1.29, 1.82) is 0 Å². The number of nitrogens with zero attached hydrogens (tertiary/aromatic N) is 6. The van der Waals surface area contributed by atoms with E-state index in [-0.39, 0.29) is 12.5 Å². The summed E-state index contributed by atoms with van der Waals surface area (Å²) in [6.07, 6.45) is 4.90. The Kier molecular flexibility index (Phi) is 5.23. The lowest BCUT2D eigenvalue weighted by Gasteiger charge is -2.35. The minimum absolute atomic E-state index is 0.135. The molecule has 9 nitrogen and oxygen atoms in total. The molecule has 10 heteroatoms. The molecule has 140 valence electrons. The molecule has 2 aromatic heterocycles. The Morgan fingerprint density at radius 1 is 1.08 bits per heavy atom. The molecule has 1 aliphatic rings. The molecule has 0 spiro atoms. The van der Waals surface area contributed by atoms with Gasteiger partial charge in [-0.1, -0.05) is 0 Å². The number of rotatable bonds is 5. The quantitative estimate of drug-likeness (QED) is 0.716. The summed E-state index contributed by atoms with van der Waals surface area (Å²) in [5.74, 6) is 1.32. The molecule has 0 N–H and O–H groups in total. The Labute approximate surface area is 152 Å². The number of sulfonamides is 1. The van der Waals surface area contributed by atoms with Crippen molar-refractivity contribution in [3.63, 3.8) is 0 Å². The summed E-state index contributed by atoms with van der Waals surface area (Å²) < 4.78 is 25.8. The summed E-state index contributed by atoms with van der Waals surface area (Å²) in [6, 6.07) is 7.66. The molecular formula is C16H22N6O3S. The Morgan fingerprint density at radius 2 is 1.65 bits per heavy atom. The molecule has 0 saturated carbocycles. The van der Waals surface area contributed by atoms with E-state index in [2.05, 4.69) is 15.1 Å². The predicted octanol–water partition coefficient (Wildman–Crippen LogP) is -0.193. The predicted molar refractivity (Wildman–Crippen MR) is 97.6 cm³/mol. The molecule has 0 aliphatic carbocycles. The second-order valence-electron chi connectivity index (χ2n) is 6.23. The van der Waals surface area contributed by atoms with Gasteiger partial charge in [-0.15, -0.1) is 10.2 Å². The van der Waals surface area contributed by atoms with Gasteiger partial charge in [0.2, 0.25) is 15.9 Å². The lowest BCUT2D eigenvalue weighted by atomic mass is 10.3. The fraction of sp³-hybridized carbons (Fsp3) is 0.438. The molecule has 2 aromatic rings. The molecule has 1 amide bonds. The number of aromatic nitrogens is 3. The van der Waals surface area contributed by atoms with Crippen LogP contribution in [0.25, 0.3) is 5.82 Å². The highest BCUT2D eigenvalue weighted by molar-refractivity contribution is 7.88. The third-order valence-electron chi connectivity index (χ3n) is 4.39. The molecule has 3 heterocycles. The van der Waals surface area contributed by atoms with Crippen LogP contribution in [0.15, 0.2) is 36.7 Å². The first-order valence-electron chi connectivity index (χ1n) is 8.26. The van der Waals surface area contributed by atoms with Crippen LogP contribution in [0.4, 0.5) is 5.82 Å². The highest BCUT2D eigenvalue weighted by atomic mass is 32.2. The van der Waals surface area contributed by atoms with E-state index in [1.165, 1.54) is 7.05 Å². The number of hydrogen-bond acceptors (Lipinski definition) is 6. The van der Waals surface area contributed by atoms with Gasteiger partial charge in [-0.25, -0.2) is 8.42 Å². The Hall–Kier alpha value is -2.46. The van der Waals surface area contributed by atoms with Crippen molar-refractivity contribution in [3.8, 4) is 5.82 Å². The van der Waals surface area contributed by atoms with E-state index in [1.54, 1.807) is 4.90 Å². The van der Waals surface area contributed by atoms with E-state index >= 15 is 0 Å². The fourth-order valence-electron chi connectivity index (χ4n) is 2.70. The van der Waals surface area contributed by atoms with Crippen LogP contribution in [0.1, 0.15) is 0 Å². The number of hydrogen-bond donors (Lipinski definition) is 0. The van der Waals surface area contributed by atoms with Gasteiger partial charge in [0.1, 0.15) is 0 Å². The van der Waals surface area contributed by atoms with Crippen LogP contribution < -0.4 is 4.90 Å². The maximum absolute atomic E-state index is 12.2. The van der Waals surface area contributed by atoms with Crippen molar-refractivity contribution in [1.82, 2.24) is 24.0 Å². The zero-order valence-electron chi connectivity index (χ0n) is 14.8. The van der Waals surface area contributed by atoms with Crippen molar-refractivity contribution in [2.24, 2.45) is 0 Å². The summed E-state index contributed by atoms with van der Waals surface area (Å²) in [5.41, 5.74) is 0. The van der Waals surface area contributed by atoms with Crippen LogP contribution in [0.3, 0.4) is 0 Å². The number of carbonyl (C=O) groups excluding carboxylic acids is 1. The van der Waals surface area contributed by atoms with Crippen LogP contribution in [0.2, 0.25) is 0 Å². The second-order valence-corrected chi connectivity index (χ2v) is 8.32. The monoisotopic (exact) mass is 378 g/mol. The molecule has 1 saturated heterocycles. The molecule has 0 bridgehead atoms. The minimum atomic E-state index is -3.36. The van der Waals surface area contributed by atoms with Crippen LogP contribution >= 0.6 is 0 Å². The molecule has 0 atom stereocenters. The van der Waals surface area contributed by atoms with Crippen molar-refractivity contribution < 1.29 is 13.2 Å². The van der Waals surface area contributed by atoms with Crippen LogP contribution in [-0.4, -0.2) is 84.3 Å². The number of anilines is 1. The van der Waals surface area contributed by atoms with E-state index < -0.39 is 10.0 Å². The average Bonchev–Trinajstić information content (AvgIpc) is 3.16. The maximum Gasteiger partial charge on any atom is 0.238 e. The Morgan fingerprint density at radius 3 is 2.19 bits per heavy atom. The first-order chi connectivity index (χ1) is 12.3. The zero-order chi connectivity index (χ0) is 18.7. The largest absolute Gasteiger partial charge is 0.352 e. The maximum atomic E-state index is 12.2. The lowest BCUT2D eigenvalue weighted by Crippen LogP contribution is -2.51. The summed E-state index contributed by atoms with van der Waals surface area (Å²) in [6.45, 7) is 2.18. The third-order valence-corrected chi connectivity index (χ3v) is 5.65. The highest BCUT2D eigenvalue weighted by Gasteiger charge is 2.24. The lowest BCUT2D eigenvalue weighted by molar-refractivity contribution is -0.131. The van der Waals surface area contributed by atoms with Crippen molar-refractivity contribution >= 4 is 21.7 Å². The molecule has 3 rings (SSSR count). The topological polar surface area (TPSA) is 91.6 Å². The fourth-order valence-corrected chi connectivity index (χ4v) is 3.05. The number of carbonyl (C=O) groups is 1. The smallest absolute Gasteiger partial charge is 0.238 e. The molecule has 0 aromatic carbocycles. The summed E-state index contributed by atoms with van der Waals surface area (Å²) in [5, 5.41) is 8.51. The number of likely N-dealkylation sites (N-methyl/N-ethyl adjacent to an activating group) is 1. The van der Waals surface area contributed by atoms with Crippen LogP contribution in [0.5, 0.6) is 0 Å². The van der Waals surface area contributed by atoms with Crippen molar-refractivity contribution in [3.05, 3.63) is 36.7 Å². The molecule has 1 fully saturated rings. The van der Waals surface area contributed by atoms with Gasteiger partial charge in [0.05, 0.1) is 12.8 Å². The normalized spacial score (nSPS) is 15.5. The van der Waals surface area contributed by atoms with Gasteiger partial charge >= 0.3 is 0 Å². The van der Waals surface area contributed by atoms with Crippen molar-refractivity contribution in [2.75, 3.05) is 50.9 Å². The van der Waals surface area contributed by atoms with Gasteiger partial charge in [-0.3, -0.25) is 4.79 Å². The molecule has 1 aliphatic heterocycles. The number of amides is 1. The van der Waals surface area contributed by atoms with Crippen LogP contribution in [-0.2, 0) is 14.8 Å². The van der Waals surface area contributed by atoms with Gasteiger partial charge in [0.25, 0.3) is 0 Å². The standard InChI is InChI=1S/C16H22N6O3S/c1-19(26(2,24)25)13-16(23)22-11-9-21(10-12-22)15-6-5-14(17-18-15)20-7-3-4-8-20/h3-8H,9-13H2,1-2H3. The summed E-state index contributed by atoms with van der Waals surface area (Å²) >= 11 is 0. The van der Waals surface area contributed by atoms with Gasteiger partial charge in [-0.2, -0.15) is 4.31 Å². The van der Waals surface area contributed by atoms with E-state index in [4.69, 9.17) is 0 Å². The van der Waals surface area contributed by atoms with Gasteiger partial charge in [0, 0.05) is 45.6 Å². The minimum Gasteiger partial charge on any atom is -0.352 e. The second kappa shape index (κ2) is 7.42. The molecule has 0 unspecified atom stereocenters. The summed E-state index contributed by atoms with van der Waals surface area (Å²) in [4.78, 5) is 16.0. The molecule has 0 radical (unpaired) electrons. The van der Waals surface area contributed by atoms with E-state index in [1.807, 2.05) is 41.2 Å². The molecule has 26 heavy (non-hydrogen) atoms.